The molecule has 0 spiro atoms. The molecule has 0 aromatic rings. The van der Waals surface area contributed by atoms with E-state index in [0.29, 0.717) is 26.3 Å². The Balaban J connectivity index is 3.48. The van der Waals surface area contributed by atoms with E-state index >= 15 is 0 Å². The standard InChI is InChI=1S/C9H19NO3/c1-4-10(5-2)9(11)13-8-6-7-12-3/h4-8H2,1-3H3. The molecule has 0 radical (unpaired) electrons. The molecule has 0 bridgehead atoms. The maximum atomic E-state index is 11.2. The maximum absolute atomic E-state index is 11.2. The van der Waals surface area contributed by atoms with Gasteiger partial charge in [-0.15, -0.1) is 0 Å². The minimum Gasteiger partial charge on any atom is -0.449 e. The minimum absolute atomic E-state index is 0.235. The molecule has 0 rings (SSSR count). The molecular formula is C9H19NO3. The molecule has 13 heavy (non-hydrogen) atoms. The number of ether oxygens (including phenoxy) is 2. The van der Waals surface area contributed by atoms with Crippen LogP contribution in [0.4, 0.5) is 4.79 Å². The van der Waals surface area contributed by atoms with E-state index in [1.807, 2.05) is 13.8 Å². The van der Waals surface area contributed by atoms with Gasteiger partial charge < -0.3 is 14.4 Å². The van der Waals surface area contributed by atoms with Crippen molar-refractivity contribution >= 4 is 6.09 Å². The topological polar surface area (TPSA) is 38.8 Å². The summed E-state index contributed by atoms with van der Waals surface area (Å²) in [6, 6.07) is 0. The fourth-order valence-electron chi connectivity index (χ4n) is 0.936. The Morgan fingerprint density at radius 3 is 2.31 bits per heavy atom. The Kier molecular flexibility index (Phi) is 7.39. The van der Waals surface area contributed by atoms with E-state index in [1.54, 1.807) is 12.0 Å². The highest BCUT2D eigenvalue weighted by Crippen LogP contribution is 1.94. The molecule has 4 nitrogen and oxygen atoms in total. The van der Waals surface area contributed by atoms with Gasteiger partial charge in [-0.3, -0.25) is 0 Å². The molecule has 1 amide bonds. The highest BCUT2D eigenvalue weighted by atomic mass is 16.6. The summed E-state index contributed by atoms with van der Waals surface area (Å²) in [4.78, 5) is 12.9. The van der Waals surface area contributed by atoms with Crippen LogP contribution in [-0.4, -0.2) is 44.4 Å². The molecule has 0 heterocycles. The van der Waals surface area contributed by atoms with E-state index in [0.717, 1.165) is 6.42 Å². The molecule has 0 aliphatic heterocycles. The first-order valence-corrected chi connectivity index (χ1v) is 4.66. The zero-order chi connectivity index (χ0) is 10.1. The van der Waals surface area contributed by atoms with E-state index < -0.39 is 0 Å². The smallest absolute Gasteiger partial charge is 0.409 e. The highest BCUT2D eigenvalue weighted by Gasteiger charge is 2.09. The van der Waals surface area contributed by atoms with Gasteiger partial charge in [0.05, 0.1) is 6.61 Å². The van der Waals surface area contributed by atoms with Crippen LogP contribution in [0.15, 0.2) is 0 Å². The van der Waals surface area contributed by atoms with Crippen LogP contribution in [0, 0.1) is 0 Å². The summed E-state index contributed by atoms with van der Waals surface area (Å²) in [6.07, 6.45) is 0.518. The molecule has 0 saturated heterocycles. The fraction of sp³-hybridized carbons (Fsp3) is 0.889. The minimum atomic E-state index is -0.235. The molecule has 0 saturated carbocycles. The Hall–Kier alpha value is -0.770. The third-order valence-electron chi connectivity index (χ3n) is 1.74. The number of hydrogen-bond acceptors (Lipinski definition) is 3. The molecule has 4 heteroatoms. The monoisotopic (exact) mass is 189 g/mol. The first kappa shape index (κ1) is 12.2. The Morgan fingerprint density at radius 2 is 1.85 bits per heavy atom. The summed E-state index contributed by atoms with van der Waals surface area (Å²) in [5.41, 5.74) is 0. The van der Waals surface area contributed by atoms with Crippen LogP contribution >= 0.6 is 0 Å². The van der Waals surface area contributed by atoms with Gasteiger partial charge in [-0.2, -0.15) is 0 Å². The maximum Gasteiger partial charge on any atom is 0.409 e. The van der Waals surface area contributed by atoms with E-state index in [9.17, 15) is 4.79 Å². The van der Waals surface area contributed by atoms with Crippen molar-refractivity contribution in [3.8, 4) is 0 Å². The summed E-state index contributed by atoms with van der Waals surface area (Å²) >= 11 is 0. The quantitative estimate of drug-likeness (QED) is 0.594. The van der Waals surface area contributed by atoms with Gasteiger partial charge in [-0.1, -0.05) is 0 Å². The Bertz CT molecular complexity index is 135. The van der Waals surface area contributed by atoms with Crippen molar-refractivity contribution in [3.05, 3.63) is 0 Å². The second kappa shape index (κ2) is 7.86. The average Bonchev–Trinajstić information content (AvgIpc) is 2.14. The van der Waals surface area contributed by atoms with Gasteiger partial charge in [-0.05, 0) is 13.8 Å². The average molecular weight is 189 g/mol. The highest BCUT2D eigenvalue weighted by molar-refractivity contribution is 5.67. The number of amides is 1. The van der Waals surface area contributed by atoms with E-state index in [4.69, 9.17) is 9.47 Å². The molecule has 0 aliphatic carbocycles. The van der Waals surface area contributed by atoms with Crippen molar-refractivity contribution in [2.45, 2.75) is 20.3 Å². The van der Waals surface area contributed by atoms with E-state index in [1.165, 1.54) is 0 Å². The Morgan fingerprint density at radius 1 is 1.23 bits per heavy atom. The predicted molar refractivity (Wildman–Crippen MR) is 50.8 cm³/mol. The predicted octanol–water partition coefficient (Wildman–Crippen LogP) is 1.50. The second-order valence-corrected chi connectivity index (χ2v) is 2.63. The van der Waals surface area contributed by atoms with Gasteiger partial charge >= 0.3 is 6.09 Å². The molecule has 0 aromatic carbocycles. The van der Waals surface area contributed by atoms with Gasteiger partial charge in [0.1, 0.15) is 0 Å². The van der Waals surface area contributed by atoms with Gasteiger partial charge in [-0.25, -0.2) is 4.79 Å². The SMILES string of the molecule is CCN(CC)C(=O)OCCCOC. The van der Waals surface area contributed by atoms with Crippen LogP contribution in [0.1, 0.15) is 20.3 Å². The van der Waals surface area contributed by atoms with Crippen molar-refractivity contribution < 1.29 is 14.3 Å². The van der Waals surface area contributed by atoms with Crippen LogP contribution in [-0.2, 0) is 9.47 Å². The van der Waals surface area contributed by atoms with Gasteiger partial charge in [0.15, 0.2) is 0 Å². The van der Waals surface area contributed by atoms with Gasteiger partial charge in [0, 0.05) is 33.2 Å². The molecule has 78 valence electrons. The van der Waals surface area contributed by atoms with Crippen molar-refractivity contribution in [2.75, 3.05) is 33.4 Å². The van der Waals surface area contributed by atoms with Crippen LogP contribution in [0.2, 0.25) is 0 Å². The summed E-state index contributed by atoms with van der Waals surface area (Å²) < 4.78 is 9.83. The lowest BCUT2D eigenvalue weighted by Crippen LogP contribution is -2.31. The molecule has 0 aromatic heterocycles. The summed E-state index contributed by atoms with van der Waals surface area (Å²) in [5.74, 6) is 0. The molecule has 0 aliphatic rings. The lowest BCUT2D eigenvalue weighted by molar-refractivity contribution is 0.0936. The summed E-state index contributed by atoms with van der Waals surface area (Å²) in [5, 5.41) is 0. The number of methoxy groups -OCH3 is 1. The van der Waals surface area contributed by atoms with Crippen LogP contribution in [0.5, 0.6) is 0 Å². The first-order chi connectivity index (χ1) is 6.26. The first-order valence-electron chi connectivity index (χ1n) is 4.66. The largest absolute Gasteiger partial charge is 0.449 e. The lowest BCUT2D eigenvalue weighted by Gasteiger charge is -2.17. The van der Waals surface area contributed by atoms with Crippen molar-refractivity contribution in [3.63, 3.8) is 0 Å². The number of hydrogen-bond donors (Lipinski definition) is 0. The fourth-order valence-corrected chi connectivity index (χ4v) is 0.936. The molecule has 0 atom stereocenters. The van der Waals surface area contributed by atoms with Crippen LogP contribution in [0.3, 0.4) is 0 Å². The molecule has 0 unspecified atom stereocenters. The zero-order valence-electron chi connectivity index (χ0n) is 8.71. The third kappa shape index (κ3) is 5.47. The Labute approximate surface area is 79.8 Å². The summed E-state index contributed by atoms with van der Waals surface area (Å²) in [6.45, 7) is 6.31. The molecule has 0 fully saturated rings. The van der Waals surface area contributed by atoms with E-state index in [2.05, 4.69) is 0 Å². The lowest BCUT2D eigenvalue weighted by atomic mass is 10.5. The number of nitrogens with zero attached hydrogens (tertiary/aromatic N) is 1. The number of carbonyl (C=O) groups is 1. The molecule has 0 N–H and O–H groups in total. The van der Waals surface area contributed by atoms with Crippen molar-refractivity contribution in [2.24, 2.45) is 0 Å². The van der Waals surface area contributed by atoms with Crippen molar-refractivity contribution in [1.29, 1.82) is 0 Å². The van der Waals surface area contributed by atoms with E-state index in [-0.39, 0.29) is 6.09 Å². The van der Waals surface area contributed by atoms with Crippen LogP contribution in [0.25, 0.3) is 0 Å². The number of rotatable bonds is 6. The zero-order valence-corrected chi connectivity index (χ0v) is 8.71. The van der Waals surface area contributed by atoms with Crippen LogP contribution < -0.4 is 0 Å². The summed E-state index contributed by atoms with van der Waals surface area (Å²) in [7, 11) is 1.63. The van der Waals surface area contributed by atoms with Gasteiger partial charge in [0.25, 0.3) is 0 Å². The normalized spacial score (nSPS) is 9.77. The third-order valence-corrected chi connectivity index (χ3v) is 1.74. The van der Waals surface area contributed by atoms with Gasteiger partial charge in [0.2, 0.25) is 0 Å². The van der Waals surface area contributed by atoms with Crippen molar-refractivity contribution in [1.82, 2.24) is 4.90 Å². The second-order valence-electron chi connectivity index (χ2n) is 2.63. The molecular weight excluding hydrogens is 170 g/mol. The number of carbonyl (C=O) groups excluding carboxylic acids is 1.